The van der Waals surface area contributed by atoms with E-state index in [2.05, 4.69) is 22.1 Å². The van der Waals surface area contributed by atoms with Crippen LogP contribution in [0.3, 0.4) is 0 Å². The molecule has 1 aromatic heterocycles. The molecule has 1 aliphatic rings. The smallest absolute Gasteiger partial charge is 0.409 e. The number of ether oxygens (including phenoxy) is 1. The second kappa shape index (κ2) is 9.21. The van der Waals surface area contributed by atoms with Crippen molar-refractivity contribution in [2.75, 3.05) is 43.0 Å². The Labute approximate surface area is 165 Å². The van der Waals surface area contributed by atoms with E-state index in [1.807, 2.05) is 30.3 Å². The van der Waals surface area contributed by atoms with Crippen LogP contribution in [0.4, 0.5) is 16.2 Å². The Bertz CT molecular complexity index is 815. The van der Waals surface area contributed by atoms with Crippen molar-refractivity contribution >= 4 is 23.4 Å². The van der Waals surface area contributed by atoms with Gasteiger partial charge in [0.25, 0.3) is 5.91 Å². The maximum absolute atomic E-state index is 12.5. The number of aryl methyl sites for hydroxylation is 1. The van der Waals surface area contributed by atoms with E-state index in [0.29, 0.717) is 38.5 Å². The number of amides is 2. The van der Waals surface area contributed by atoms with Crippen LogP contribution in [0.15, 0.2) is 42.6 Å². The maximum atomic E-state index is 12.5. The van der Waals surface area contributed by atoms with E-state index in [4.69, 9.17) is 4.74 Å². The first-order chi connectivity index (χ1) is 13.6. The van der Waals surface area contributed by atoms with Gasteiger partial charge >= 0.3 is 6.09 Å². The summed E-state index contributed by atoms with van der Waals surface area (Å²) in [7, 11) is 0. The zero-order chi connectivity index (χ0) is 19.9. The van der Waals surface area contributed by atoms with E-state index in [9.17, 15) is 9.59 Å². The summed E-state index contributed by atoms with van der Waals surface area (Å²) in [6, 6.07) is 11.4. The number of para-hydroxylation sites is 1. The van der Waals surface area contributed by atoms with Crippen molar-refractivity contribution in [2.45, 2.75) is 20.3 Å². The Hall–Kier alpha value is -3.09. The van der Waals surface area contributed by atoms with Crippen LogP contribution < -0.4 is 10.2 Å². The molecule has 0 bridgehead atoms. The van der Waals surface area contributed by atoms with Crippen molar-refractivity contribution in [3.63, 3.8) is 0 Å². The Morgan fingerprint density at radius 2 is 1.82 bits per heavy atom. The van der Waals surface area contributed by atoms with Crippen LogP contribution in [0.1, 0.15) is 29.9 Å². The highest BCUT2D eigenvalue weighted by molar-refractivity contribution is 6.03. The lowest BCUT2D eigenvalue weighted by Gasteiger charge is -2.35. The average molecular weight is 382 g/mol. The van der Waals surface area contributed by atoms with Crippen molar-refractivity contribution in [1.82, 2.24) is 9.88 Å². The highest BCUT2D eigenvalue weighted by Gasteiger charge is 2.22. The molecule has 0 aliphatic carbocycles. The van der Waals surface area contributed by atoms with Gasteiger partial charge in [-0.1, -0.05) is 25.1 Å². The van der Waals surface area contributed by atoms with E-state index in [-0.39, 0.29) is 12.0 Å². The highest BCUT2D eigenvalue weighted by atomic mass is 16.6. The van der Waals surface area contributed by atoms with Crippen molar-refractivity contribution in [2.24, 2.45) is 0 Å². The molecule has 1 fully saturated rings. The van der Waals surface area contributed by atoms with E-state index in [0.717, 1.165) is 23.4 Å². The second-order valence-electron chi connectivity index (χ2n) is 6.54. The van der Waals surface area contributed by atoms with E-state index >= 15 is 0 Å². The third kappa shape index (κ3) is 4.60. The lowest BCUT2D eigenvalue weighted by Crippen LogP contribution is -2.49. The molecule has 0 atom stereocenters. The van der Waals surface area contributed by atoms with Crippen LogP contribution in [0, 0.1) is 0 Å². The number of hydrogen-bond donors (Lipinski definition) is 1. The van der Waals surface area contributed by atoms with Gasteiger partial charge in [0.05, 0.1) is 18.5 Å². The third-order valence-corrected chi connectivity index (χ3v) is 4.80. The number of carbonyl (C=O) groups is 2. The number of carbonyl (C=O) groups excluding carboxylic acids is 2. The predicted octanol–water partition coefficient (Wildman–Crippen LogP) is 3.17. The Kier molecular flexibility index (Phi) is 6.47. The van der Waals surface area contributed by atoms with Crippen molar-refractivity contribution in [3.8, 4) is 0 Å². The number of aromatic nitrogens is 1. The van der Waals surface area contributed by atoms with Crippen LogP contribution in [-0.2, 0) is 11.2 Å². The van der Waals surface area contributed by atoms with Crippen molar-refractivity contribution in [1.29, 1.82) is 0 Å². The highest BCUT2D eigenvalue weighted by Crippen LogP contribution is 2.19. The summed E-state index contributed by atoms with van der Waals surface area (Å²) in [4.78, 5) is 32.5. The fraction of sp³-hybridized carbons (Fsp3) is 0.381. The summed E-state index contributed by atoms with van der Waals surface area (Å²) in [5, 5.41) is 2.93. The first-order valence-electron chi connectivity index (χ1n) is 9.64. The molecule has 7 nitrogen and oxygen atoms in total. The molecule has 2 heterocycles. The molecule has 1 aromatic carbocycles. The molecule has 148 valence electrons. The monoisotopic (exact) mass is 382 g/mol. The molecule has 0 unspecified atom stereocenters. The van der Waals surface area contributed by atoms with Crippen molar-refractivity contribution in [3.05, 3.63) is 53.9 Å². The van der Waals surface area contributed by atoms with Gasteiger partial charge in [0, 0.05) is 31.9 Å². The summed E-state index contributed by atoms with van der Waals surface area (Å²) in [5.74, 6) is -0.223. The minimum absolute atomic E-state index is 0.223. The molecule has 2 amide bonds. The Morgan fingerprint density at radius 3 is 2.46 bits per heavy atom. The SMILES string of the molecule is CCOC(=O)N1CCN(c2ccc(C(=O)Nc3ccccc3CC)nc2)CC1. The second-order valence-corrected chi connectivity index (χ2v) is 6.54. The van der Waals surface area contributed by atoms with Gasteiger partial charge in [-0.2, -0.15) is 0 Å². The molecular formula is C21H26N4O3. The molecule has 1 saturated heterocycles. The Morgan fingerprint density at radius 1 is 1.07 bits per heavy atom. The number of pyridine rings is 1. The van der Waals surface area contributed by atoms with E-state index in [1.165, 1.54) is 0 Å². The number of piperazine rings is 1. The number of benzene rings is 1. The fourth-order valence-electron chi connectivity index (χ4n) is 3.21. The first kappa shape index (κ1) is 19.7. The lowest BCUT2D eigenvalue weighted by molar-refractivity contribution is 0.101. The summed E-state index contributed by atoms with van der Waals surface area (Å²) < 4.78 is 5.04. The third-order valence-electron chi connectivity index (χ3n) is 4.80. The number of nitrogens with one attached hydrogen (secondary N) is 1. The molecule has 1 N–H and O–H groups in total. The largest absolute Gasteiger partial charge is 0.450 e. The van der Waals surface area contributed by atoms with E-state index in [1.54, 1.807) is 24.1 Å². The van der Waals surface area contributed by atoms with Crippen LogP contribution in [0.5, 0.6) is 0 Å². The lowest BCUT2D eigenvalue weighted by atomic mass is 10.1. The van der Waals surface area contributed by atoms with Crippen LogP contribution >= 0.6 is 0 Å². The van der Waals surface area contributed by atoms with Crippen molar-refractivity contribution < 1.29 is 14.3 Å². The Balaban J connectivity index is 1.59. The molecular weight excluding hydrogens is 356 g/mol. The molecule has 2 aromatic rings. The first-order valence-corrected chi connectivity index (χ1v) is 9.64. The molecule has 0 radical (unpaired) electrons. The average Bonchev–Trinajstić information content (AvgIpc) is 2.74. The minimum atomic E-state index is -0.264. The summed E-state index contributed by atoms with van der Waals surface area (Å²) in [6.45, 7) is 6.86. The predicted molar refractivity (Wildman–Crippen MR) is 109 cm³/mol. The van der Waals surface area contributed by atoms with Crippen LogP contribution in [0.25, 0.3) is 0 Å². The quantitative estimate of drug-likeness (QED) is 0.860. The van der Waals surface area contributed by atoms with Gasteiger partial charge in [0.15, 0.2) is 0 Å². The van der Waals surface area contributed by atoms with Gasteiger partial charge < -0.3 is 19.9 Å². The molecule has 3 rings (SSSR count). The number of rotatable bonds is 5. The van der Waals surface area contributed by atoms with E-state index < -0.39 is 0 Å². The normalized spacial score (nSPS) is 13.9. The molecule has 28 heavy (non-hydrogen) atoms. The van der Waals surface area contributed by atoms with Gasteiger partial charge in [-0.15, -0.1) is 0 Å². The fourth-order valence-corrected chi connectivity index (χ4v) is 3.21. The molecule has 0 spiro atoms. The molecule has 7 heteroatoms. The summed E-state index contributed by atoms with van der Waals surface area (Å²) in [6.07, 6.45) is 2.29. The van der Waals surface area contributed by atoms with Crippen LogP contribution in [0.2, 0.25) is 0 Å². The number of nitrogens with zero attached hydrogens (tertiary/aromatic N) is 3. The van der Waals surface area contributed by atoms with Gasteiger partial charge in [0.2, 0.25) is 0 Å². The zero-order valence-electron chi connectivity index (χ0n) is 16.4. The van der Waals surface area contributed by atoms with Gasteiger partial charge in [-0.25, -0.2) is 9.78 Å². The van der Waals surface area contributed by atoms with Gasteiger partial charge in [-0.3, -0.25) is 4.79 Å². The van der Waals surface area contributed by atoms with Gasteiger partial charge in [0.1, 0.15) is 5.69 Å². The van der Waals surface area contributed by atoms with Crippen LogP contribution in [-0.4, -0.2) is 54.7 Å². The number of hydrogen-bond acceptors (Lipinski definition) is 5. The maximum Gasteiger partial charge on any atom is 0.409 e. The standard InChI is InChI=1S/C21H26N4O3/c1-3-16-7-5-6-8-18(16)23-20(26)19-10-9-17(15-22-19)24-11-13-25(14-12-24)21(27)28-4-2/h5-10,15H,3-4,11-14H2,1-2H3,(H,23,26). The molecule has 1 aliphatic heterocycles. The summed E-state index contributed by atoms with van der Waals surface area (Å²) >= 11 is 0. The topological polar surface area (TPSA) is 74.8 Å². The zero-order valence-corrected chi connectivity index (χ0v) is 16.4. The molecule has 0 saturated carbocycles. The number of anilines is 2. The van der Waals surface area contributed by atoms with Gasteiger partial charge in [-0.05, 0) is 37.1 Å². The summed E-state index contributed by atoms with van der Waals surface area (Å²) in [5.41, 5.74) is 3.22. The minimum Gasteiger partial charge on any atom is -0.450 e.